The molecule has 0 spiro atoms. The molecule has 2 aromatic heterocycles. The van der Waals surface area contributed by atoms with Gasteiger partial charge in [0.25, 0.3) is 0 Å². The summed E-state index contributed by atoms with van der Waals surface area (Å²) in [6, 6.07) is 13.3. The quantitative estimate of drug-likeness (QED) is 0.566. The van der Waals surface area contributed by atoms with E-state index in [1.54, 1.807) is 6.20 Å². The number of pyridine rings is 1. The minimum absolute atomic E-state index is 0.493. The second kappa shape index (κ2) is 8.41. The molecule has 0 unspecified atom stereocenters. The third-order valence-corrected chi connectivity index (χ3v) is 6.40. The van der Waals surface area contributed by atoms with E-state index in [4.69, 9.17) is 17.3 Å². The first-order valence-electron chi connectivity index (χ1n) is 10.8. The van der Waals surface area contributed by atoms with Crippen LogP contribution in [0.4, 0.5) is 0 Å². The molecule has 0 bridgehead atoms. The second-order valence-electron chi connectivity index (χ2n) is 8.47. The molecule has 0 amide bonds. The molecule has 0 radical (unpaired) electrons. The van der Waals surface area contributed by atoms with Crippen LogP contribution in [0.1, 0.15) is 30.0 Å². The molecular formula is C23H28N6S. The van der Waals surface area contributed by atoms with E-state index in [1.807, 2.05) is 16.9 Å². The van der Waals surface area contributed by atoms with Gasteiger partial charge in [0.15, 0.2) is 10.6 Å². The van der Waals surface area contributed by atoms with Gasteiger partial charge in [0, 0.05) is 56.7 Å². The monoisotopic (exact) mass is 420 g/mol. The molecule has 0 atom stereocenters. The van der Waals surface area contributed by atoms with E-state index < -0.39 is 0 Å². The fraction of sp³-hybridized carbons (Fsp3) is 0.435. The SMILES string of the molecule is Cc1cccc(CN2CCN(Cn3nc(-c4cccnc4)n(C4CC4)c3=S)CC2)c1. The second-order valence-corrected chi connectivity index (χ2v) is 8.84. The fourth-order valence-electron chi connectivity index (χ4n) is 4.21. The first kappa shape index (κ1) is 19.6. The predicted molar refractivity (Wildman–Crippen MR) is 121 cm³/mol. The van der Waals surface area contributed by atoms with Gasteiger partial charge in [-0.3, -0.25) is 19.4 Å². The molecule has 1 aliphatic heterocycles. The maximum absolute atomic E-state index is 5.83. The van der Waals surface area contributed by atoms with E-state index in [-0.39, 0.29) is 0 Å². The van der Waals surface area contributed by atoms with Crippen LogP contribution in [-0.4, -0.2) is 55.3 Å². The lowest BCUT2D eigenvalue weighted by molar-refractivity contribution is 0.0980. The molecule has 3 heterocycles. The molecule has 30 heavy (non-hydrogen) atoms. The largest absolute Gasteiger partial charge is 0.297 e. The van der Waals surface area contributed by atoms with E-state index >= 15 is 0 Å². The molecular weight excluding hydrogens is 392 g/mol. The lowest BCUT2D eigenvalue weighted by Gasteiger charge is -2.34. The summed E-state index contributed by atoms with van der Waals surface area (Å²) >= 11 is 5.83. The molecule has 0 N–H and O–H groups in total. The average Bonchev–Trinajstić information content (AvgIpc) is 3.54. The molecule has 2 aliphatic rings. The van der Waals surface area contributed by atoms with Crippen LogP contribution in [0.2, 0.25) is 0 Å². The van der Waals surface area contributed by atoms with E-state index in [0.717, 1.165) is 55.6 Å². The van der Waals surface area contributed by atoms with Gasteiger partial charge in [-0.1, -0.05) is 29.8 Å². The van der Waals surface area contributed by atoms with Gasteiger partial charge >= 0.3 is 0 Å². The number of nitrogens with zero attached hydrogens (tertiary/aromatic N) is 6. The third-order valence-electron chi connectivity index (χ3n) is 5.99. The number of aryl methyl sites for hydroxylation is 1. The third kappa shape index (κ3) is 4.24. The molecule has 1 aromatic carbocycles. The van der Waals surface area contributed by atoms with Crippen molar-refractivity contribution >= 4 is 12.2 Å². The van der Waals surface area contributed by atoms with Crippen LogP contribution in [-0.2, 0) is 13.2 Å². The minimum Gasteiger partial charge on any atom is -0.297 e. The number of aromatic nitrogens is 4. The van der Waals surface area contributed by atoms with Gasteiger partial charge in [-0.2, -0.15) is 5.10 Å². The van der Waals surface area contributed by atoms with Crippen molar-refractivity contribution in [2.75, 3.05) is 26.2 Å². The van der Waals surface area contributed by atoms with Gasteiger partial charge in [0.1, 0.15) is 0 Å². The zero-order valence-electron chi connectivity index (χ0n) is 17.4. The van der Waals surface area contributed by atoms with Crippen molar-refractivity contribution in [2.24, 2.45) is 0 Å². The molecule has 156 valence electrons. The molecule has 1 saturated heterocycles. The highest BCUT2D eigenvalue weighted by molar-refractivity contribution is 7.71. The van der Waals surface area contributed by atoms with Crippen molar-refractivity contribution in [3.63, 3.8) is 0 Å². The van der Waals surface area contributed by atoms with Crippen molar-refractivity contribution < 1.29 is 0 Å². The van der Waals surface area contributed by atoms with Gasteiger partial charge in [0.05, 0.1) is 6.67 Å². The Labute approximate surface area is 182 Å². The molecule has 6 nitrogen and oxygen atoms in total. The Morgan fingerprint density at radius 2 is 1.83 bits per heavy atom. The van der Waals surface area contributed by atoms with Gasteiger partial charge in [-0.05, 0) is 49.7 Å². The number of rotatable bonds is 6. The highest BCUT2D eigenvalue weighted by Crippen LogP contribution is 2.38. The van der Waals surface area contributed by atoms with Crippen molar-refractivity contribution in [3.05, 3.63) is 64.7 Å². The zero-order chi connectivity index (χ0) is 20.5. The Kier molecular flexibility index (Phi) is 5.50. The van der Waals surface area contributed by atoms with Crippen molar-refractivity contribution in [1.29, 1.82) is 0 Å². The van der Waals surface area contributed by atoms with Gasteiger partial charge in [-0.15, -0.1) is 0 Å². The number of benzene rings is 1. The summed E-state index contributed by atoms with van der Waals surface area (Å²) < 4.78 is 5.07. The summed E-state index contributed by atoms with van der Waals surface area (Å²) in [7, 11) is 0. The van der Waals surface area contributed by atoms with Gasteiger partial charge in [0.2, 0.25) is 0 Å². The Balaban J connectivity index is 1.26. The Bertz CT molecular complexity index is 1060. The number of hydrogen-bond acceptors (Lipinski definition) is 5. The summed E-state index contributed by atoms with van der Waals surface area (Å²) in [6.45, 7) is 8.14. The summed E-state index contributed by atoms with van der Waals surface area (Å²) in [6.07, 6.45) is 6.05. The molecule has 3 aromatic rings. The van der Waals surface area contributed by atoms with Crippen molar-refractivity contribution in [2.45, 2.75) is 39.0 Å². The highest BCUT2D eigenvalue weighted by atomic mass is 32.1. The lowest BCUT2D eigenvalue weighted by Crippen LogP contribution is -2.46. The van der Waals surface area contributed by atoms with Crippen LogP contribution in [0, 0.1) is 11.7 Å². The van der Waals surface area contributed by atoms with E-state index in [1.165, 1.54) is 24.0 Å². The highest BCUT2D eigenvalue weighted by Gasteiger charge is 2.29. The molecule has 1 aliphatic carbocycles. The average molecular weight is 421 g/mol. The summed E-state index contributed by atoms with van der Waals surface area (Å²) in [5.41, 5.74) is 3.77. The van der Waals surface area contributed by atoms with Crippen LogP contribution < -0.4 is 0 Å². The van der Waals surface area contributed by atoms with E-state index in [9.17, 15) is 0 Å². The standard InChI is InChI=1S/C23H28N6S/c1-18-4-2-5-19(14-18)16-26-10-12-27(13-11-26)17-28-23(30)29(21-7-8-21)22(25-28)20-6-3-9-24-15-20/h2-6,9,14-15,21H,7-8,10-13,16-17H2,1H3. The zero-order valence-corrected chi connectivity index (χ0v) is 18.3. The number of hydrogen-bond donors (Lipinski definition) is 0. The van der Waals surface area contributed by atoms with Crippen LogP contribution in [0.25, 0.3) is 11.4 Å². The van der Waals surface area contributed by atoms with Gasteiger partial charge < -0.3 is 0 Å². The molecule has 5 rings (SSSR count). The minimum atomic E-state index is 0.493. The van der Waals surface area contributed by atoms with Crippen molar-refractivity contribution in [3.8, 4) is 11.4 Å². The first-order valence-corrected chi connectivity index (χ1v) is 11.2. The Morgan fingerprint density at radius 3 is 2.53 bits per heavy atom. The van der Waals surface area contributed by atoms with Gasteiger partial charge in [-0.25, -0.2) is 4.68 Å². The predicted octanol–water partition coefficient (Wildman–Crippen LogP) is 3.89. The lowest BCUT2D eigenvalue weighted by atomic mass is 10.1. The van der Waals surface area contributed by atoms with Crippen molar-refractivity contribution in [1.82, 2.24) is 29.1 Å². The molecule has 1 saturated carbocycles. The normalized spacial score (nSPS) is 18.0. The summed E-state index contributed by atoms with van der Waals surface area (Å²) in [5.74, 6) is 0.952. The smallest absolute Gasteiger partial charge is 0.199 e. The first-order chi connectivity index (χ1) is 14.7. The number of piperazine rings is 1. The summed E-state index contributed by atoms with van der Waals surface area (Å²) in [4.78, 5) is 9.27. The van der Waals surface area contributed by atoms with Crippen LogP contribution in [0.3, 0.4) is 0 Å². The summed E-state index contributed by atoms with van der Waals surface area (Å²) in [5, 5.41) is 4.91. The maximum Gasteiger partial charge on any atom is 0.199 e. The van der Waals surface area contributed by atoms with Crippen LogP contribution in [0.15, 0.2) is 48.8 Å². The van der Waals surface area contributed by atoms with E-state index in [0.29, 0.717) is 6.04 Å². The fourth-order valence-corrected chi connectivity index (χ4v) is 4.55. The maximum atomic E-state index is 5.83. The van der Waals surface area contributed by atoms with Crippen LogP contribution in [0.5, 0.6) is 0 Å². The molecule has 7 heteroatoms. The Hall–Kier alpha value is -2.35. The topological polar surface area (TPSA) is 42.1 Å². The van der Waals surface area contributed by atoms with Crippen LogP contribution >= 0.6 is 12.2 Å². The van der Waals surface area contributed by atoms with E-state index in [2.05, 4.69) is 56.6 Å². The molecule has 2 fully saturated rings. The Morgan fingerprint density at radius 1 is 1.03 bits per heavy atom.